The standard InChI is InChI=1S/C13H20BrN3S.HI/c1-3-15-13(17-11-8-9(11)2)16-7-6-10-4-5-12(14)18-10;/h4-5,9,11H,3,6-8H2,1-2H3,(H2,15,16,17);1H. The summed E-state index contributed by atoms with van der Waals surface area (Å²) in [5, 5.41) is 6.77. The summed E-state index contributed by atoms with van der Waals surface area (Å²) in [7, 11) is 0. The Morgan fingerprint density at radius 3 is 2.79 bits per heavy atom. The fraction of sp³-hybridized carbons (Fsp3) is 0.615. The number of aliphatic imine (C=N–C) groups is 1. The number of guanidine groups is 1. The van der Waals surface area contributed by atoms with E-state index in [1.807, 2.05) is 0 Å². The number of hydrogen-bond donors (Lipinski definition) is 2. The number of nitrogens with one attached hydrogen (secondary N) is 2. The Bertz CT molecular complexity index is 422. The molecule has 2 rings (SSSR count). The smallest absolute Gasteiger partial charge is 0.191 e. The summed E-state index contributed by atoms with van der Waals surface area (Å²) in [6.07, 6.45) is 2.27. The van der Waals surface area contributed by atoms with E-state index in [0.29, 0.717) is 6.04 Å². The summed E-state index contributed by atoms with van der Waals surface area (Å²) in [6.45, 7) is 6.12. The average molecular weight is 458 g/mol. The van der Waals surface area contributed by atoms with Crippen molar-refractivity contribution in [3.63, 3.8) is 0 Å². The molecule has 1 fully saturated rings. The van der Waals surface area contributed by atoms with Gasteiger partial charge in [-0.05, 0) is 47.3 Å². The first-order valence-electron chi connectivity index (χ1n) is 6.48. The van der Waals surface area contributed by atoms with Crippen LogP contribution in [0.15, 0.2) is 20.9 Å². The highest BCUT2D eigenvalue weighted by atomic mass is 127. The number of rotatable bonds is 5. The number of halogens is 2. The van der Waals surface area contributed by atoms with E-state index in [4.69, 9.17) is 0 Å². The third-order valence-corrected chi connectivity index (χ3v) is 4.72. The van der Waals surface area contributed by atoms with E-state index >= 15 is 0 Å². The molecule has 3 nitrogen and oxygen atoms in total. The molecule has 0 bridgehead atoms. The molecular weight excluding hydrogens is 437 g/mol. The Morgan fingerprint density at radius 2 is 2.26 bits per heavy atom. The lowest BCUT2D eigenvalue weighted by Crippen LogP contribution is -2.39. The summed E-state index contributed by atoms with van der Waals surface area (Å²) in [5.41, 5.74) is 0. The predicted molar refractivity (Wildman–Crippen MR) is 97.8 cm³/mol. The molecule has 0 saturated heterocycles. The van der Waals surface area contributed by atoms with Crippen LogP contribution in [0.3, 0.4) is 0 Å². The molecule has 1 aromatic heterocycles. The Hall–Kier alpha value is 0.180. The highest BCUT2D eigenvalue weighted by Gasteiger charge is 2.33. The molecule has 1 aromatic rings. The minimum atomic E-state index is 0. The van der Waals surface area contributed by atoms with Crippen LogP contribution in [-0.2, 0) is 6.42 Å². The second-order valence-corrected chi connectivity index (χ2v) is 7.23. The molecule has 6 heteroatoms. The van der Waals surface area contributed by atoms with Gasteiger partial charge in [0.15, 0.2) is 5.96 Å². The van der Waals surface area contributed by atoms with E-state index in [9.17, 15) is 0 Å². The van der Waals surface area contributed by atoms with E-state index in [0.717, 1.165) is 31.4 Å². The third kappa shape index (κ3) is 5.99. The quantitative estimate of drug-likeness (QED) is 0.402. The maximum absolute atomic E-state index is 4.62. The number of thiophene rings is 1. The van der Waals surface area contributed by atoms with Crippen LogP contribution in [0, 0.1) is 5.92 Å². The van der Waals surface area contributed by atoms with Gasteiger partial charge in [0.1, 0.15) is 0 Å². The highest BCUT2D eigenvalue weighted by molar-refractivity contribution is 14.0. The summed E-state index contributed by atoms with van der Waals surface area (Å²) in [4.78, 5) is 5.99. The topological polar surface area (TPSA) is 36.4 Å². The Morgan fingerprint density at radius 1 is 1.53 bits per heavy atom. The second kappa shape index (κ2) is 8.46. The summed E-state index contributed by atoms with van der Waals surface area (Å²) in [6, 6.07) is 4.88. The van der Waals surface area contributed by atoms with Gasteiger partial charge in [-0.3, -0.25) is 4.99 Å². The van der Waals surface area contributed by atoms with Gasteiger partial charge in [-0.15, -0.1) is 35.3 Å². The van der Waals surface area contributed by atoms with E-state index < -0.39 is 0 Å². The van der Waals surface area contributed by atoms with Crippen LogP contribution in [-0.4, -0.2) is 25.1 Å². The molecule has 0 aliphatic heterocycles. The van der Waals surface area contributed by atoms with Gasteiger partial charge in [0, 0.05) is 30.4 Å². The zero-order valence-electron chi connectivity index (χ0n) is 11.3. The molecule has 1 aliphatic carbocycles. The van der Waals surface area contributed by atoms with Crippen LogP contribution in [0.5, 0.6) is 0 Å². The number of nitrogens with zero attached hydrogens (tertiary/aromatic N) is 1. The average Bonchev–Trinajstić information content (AvgIpc) is 2.85. The van der Waals surface area contributed by atoms with Crippen molar-refractivity contribution in [2.75, 3.05) is 13.1 Å². The lowest BCUT2D eigenvalue weighted by molar-refractivity contribution is 0.765. The van der Waals surface area contributed by atoms with Crippen LogP contribution in [0.4, 0.5) is 0 Å². The molecule has 108 valence electrons. The largest absolute Gasteiger partial charge is 0.357 e. The lowest BCUT2D eigenvalue weighted by Gasteiger charge is -2.10. The van der Waals surface area contributed by atoms with Gasteiger partial charge in [-0.2, -0.15) is 0 Å². The maximum atomic E-state index is 4.62. The normalized spacial score (nSPS) is 21.7. The van der Waals surface area contributed by atoms with Crippen molar-refractivity contribution in [2.45, 2.75) is 32.7 Å². The van der Waals surface area contributed by atoms with Crippen LogP contribution >= 0.6 is 51.2 Å². The van der Waals surface area contributed by atoms with E-state index in [1.165, 1.54) is 15.1 Å². The fourth-order valence-electron chi connectivity index (χ4n) is 1.78. The summed E-state index contributed by atoms with van der Waals surface area (Å²) in [5.74, 6) is 1.75. The molecule has 0 amide bonds. The van der Waals surface area contributed by atoms with Crippen molar-refractivity contribution in [3.05, 3.63) is 20.8 Å². The van der Waals surface area contributed by atoms with Gasteiger partial charge in [0.2, 0.25) is 0 Å². The molecule has 1 heterocycles. The Kier molecular flexibility index (Phi) is 7.68. The molecule has 2 unspecified atom stereocenters. The molecular formula is C13H21BrIN3S. The maximum Gasteiger partial charge on any atom is 0.191 e. The highest BCUT2D eigenvalue weighted by Crippen LogP contribution is 2.28. The van der Waals surface area contributed by atoms with Crippen LogP contribution in [0.1, 0.15) is 25.1 Å². The van der Waals surface area contributed by atoms with Gasteiger partial charge in [-0.25, -0.2) is 0 Å². The third-order valence-electron chi connectivity index (χ3n) is 3.03. The molecule has 2 N–H and O–H groups in total. The lowest BCUT2D eigenvalue weighted by atomic mass is 10.3. The summed E-state index contributed by atoms with van der Waals surface area (Å²) >= 11 is 5.27. The van der Waals surface area contributed by atoms with Gasteiger partial charge in [0.25, 0.3) is 0 Å². The van der Waals surface area contributed by atoms with Crippen molar-refractivity contribution in [3.8, 4) is 0 Å². The first-order chi connectivity index (χ1) is 8.69. The van der Waals surface area contributed by atoms with Crippen molar-refractivity contribution in [1.82, 2.24) is 10.6 Å². The van der Waals surface area contributed by atoms with Crippen LogP contribution in [0.25, 0.3) is 0 Å². The Labute approximate surface area is 144 Å². The van der Waals surface area contributed by atoms with Crippen LogP contribution < -0.4 is 10.6 Å². The molecule has 0 aromatic carbocycles. The SMILES string of the molecule is CCNC(=NCCc1ccc(Br)s1)NC1CC1C.I. The predicted octanol–water partition coefficient (Wildman–Crippen LogP) is 3.63. The minimum Gasteiger partial charge on any atom is -0.357 e. The second-order valence-electron chi connectivity index (χ2n) is 4.68. The minimum absolute atomic E-state index is 0. The Balaban J connectivity index is 0.00000180. The van der Waals surface area contributed by atoms with E-state index in [1.54, 1.807) is 11.3 Å². The van der Waals surface area contributed by atoms with E-state index in [2.05, 4.69) is 57.5 Å². The first-order valence-corrected chi connectivity index (χ1v) is 8.09. The summed E-state index contributed by atoms with van der Waals surface area (Å²) < 4.78 is 1.19. The molecule has 1 saturated carbocycles. The van der Waals surface area contributed by atoms with Crippen LogP contribution in [0.2, 0.25) is 0 Å². The molecule has 19 heavy (non-hydrogen) atoms. The molecule has 0 spiro atoms. The molecule has 1 aliphatic rings. The van der Waals surface area contributed by atoms with E-state index in [-0.39, 0.29) is 24.0 Å². The number of hydrogen-bond acceptors (Lipinski definition) is 2. The van der Waals surface area contributed by atoms with Gasteiger partial charge < -0.3 is 10.6 Å². The van der Waals surface area contributed by atoms with Crippen molar-refractivity contribution >= 4 is 57.2 Å². The van der Waals surface area contributed by atoms with Gasteiger partial charge in [-0.1, -0.05) is 6.92 Å². The first kappa shape index (κ1) is 17.2. The van der Waals surface area contributed by atoms with Gasteiger partial charge >= 0.3 is 0 Å². The zero-order valence-corrected chi connectivity index (χ0v) is 16.0. The van der Waals surface area contributed by atoms with Gasteiger partial charge in [0.05, 0.1) is 3.79 Å². The fourth-order valence-corrected chi connectivity index (χ4v) is 3.25. The molecule has 2 atom stereocenters. The molecule has 0 radical (unpaired) electrons. The zero-order chi connectivity index (χ0) is 13.0. The monoisotopic (exact) mass is 457 g/mol. The van der Waals surface area contributed by atoms with Crippen molar-refractivity contribution in [2.24, 2.45) is 10.9 Å². The van der Waals surface area contributed by atoms with Crippen molar-refractivity contribution in [1.29, 1.82) is 0 Å². The van der Waals surface area contributed by atoms with Crippen molar-refractivity contribution < 1.29 is 0 Å².